The molecule has 0 fully saturated rings. The van der Waals surface area contributed by atoms with Gasteiger partial charge < -0.3 is 4.74 Å². The number of fused-ring (bicyclic) bond motifs is 2. The van der Waals surface area contributed by atoms with Crippen molar-refractivity contribution in [3.8, 4) is 5.75 Å². The standard InChI is InChI=1S/C27H24N6O3/c1-17-14-21(18(2)32(17)33-19(3)30-23-11-5-4-10-22(23)27(33)35)15-29-31-25(34)16-36-24-12-6-8-20-9-7-13-28-26(20)24/h4-15H,16H2,1-3H3,(H,31,34). The number of carbonyl (C=O) groups excluding carboxylic acids is 1. The minimum atomic E-state index is -0.404. The van der Waals surface area contributed by atoms with Crippen molar-refractivity contribution in [2.75, 3.05) is 6.61 Å². The van der Waals surface area contributed by atoms with Gasteiger partial charge >= 0.3 is 0 Å². The van der Waals surface area contributed by atoms with Crippen LogP contribution in [0.1, 0.15) is 22.8 Å². The van der Waals surface area contributed by atoms with E-state index < -0.39 is 5.91 Å². The van der Waals surface area contributed by atoms with Gasteiger partial charge in [0.15, 0.2) is 6.61 Å². The van der Waals surface area contributed by atoms with Crippen molar-refractivity contribution in [2.24, 2.45) is 5.10 Å². The molecule has 5 aromatic rings. The molecule has 5 rings (SSSR count). The molecule has 0 atom stereocenters. The van der Waals surface area contributed by atoms with E-state index in [1.165, 1.54) is 0 Å². The van der Waals surface area contributed by atoms with Crippen molar-refractivity contribution in [1.29, 1.82) is 0 Å². The van der Waals surface area contributed by atoms with Gasteiger partial charge in [0.25, 0.3) is 11.5 Å². The number of amides is 1. The molecule has 0 aliphatic carbocycles. The molecule has 2 aromatic carbocycles. The van der Waals surface area contributed by atoms with Gasteiger partial charge in [-0.1, -0.05) is 30.3 Å². The zero-order valence-corrected chi connectivity index (χ0v) is 20.1. The Morgan fingerprint density at radius 1 is 1.06 bits per heavy atom. The molecule has 1 N–H and O–H groups in total. The molecule has 3 aromatic heterocycles. The topological polar surface area (TPSA) is 103 Å². The third-order valence-electron chi connectivity index (χ3n) is 5.90. The van der Waals surface area contributed by atoms with Crippen LogP contribution in [-0.4, -0.2) is 38.0 Å². The zero-order chi connectivity index (χ0) is 25.2. The fraction of sp³-hybridized carbons (Fsp3) is 0.148. The summed E-state index contributed by atoms with van der Waals surface area (Å²) in [6.07, 6.45) is 3.23. The molecule has 0 unspecified atom stereocenters. The number of carbonyl (C=O) groups is 1. The maximum absolute atomic E-state index is 13.2. The third kappa shape index (κ3) is 4.22. The number of para-hydroxylation sites is 2. The maximum Gasteiger partial charge on any atom is 0.280 e. The summed E-state index contributed by atoms with van der Waals surface area (Å²) in [4.78, 5) is 34.4. The number of benzene rings is 2. The molecule has 3 heterocycles. The van der Waals surface area contributed by atoms with E-state index in [-0.39, 0.29) is 12.2 Å². The number of aromatic nitrogens is 4. The third-order valence-corrected chi connectivity index (χ3v) is 5.90. The number of pyridine rings is 1. The molecule has 0 aliphatic heterocycles. The molecule has 9 heteroatoms. The second-order valence-corrected chi connectivity index (χ2v) is 8.34. The first-order valence-electron chi connectivity index (χ1n) is 11.4. The minimum Gasteiger partial charge on any atom is -0.481 e. The zero-order valence-electron chi connectivity index (χ0n) is 20.1. The van der Waals surface area contributed by atoms with E-state index in [1.54, 1.807) is 40.8 Å². The number of hydrogen-bond donors (Lipinski definition) is 1. The molecule has 1 amide bonds. The molecule has 0 radical (unpaired) electrons. The molecule has 0 spiro atoms. The lowest BCUT2D eigenvalue weighted by atomic mass is 10.2. The Hall–Kier alpha value is -4.79. The smallest absolute Gasteiger partial charge is 0.280 e. The Labute approximate surface area is 206 Å². The fourth-order valence-corrected chi connectivity index (χ4v) is 4.23. The van der Waals surface area contributed by atoms with Crippen LogP contribution in [0, 0.1) is 20.8 Å². The van der Waals surface area contributed by atoms with Crippen LogP contribution in [0.5, 0.6) is 5.75 Å². The van der Waals surface area contributed by atoms with Crippen LogP contribution in [-0.2, 0) is 4.79 Å². The summed E-state index contributed by atoms with van der Waals surface area (Å²) in [5.74, 6) is 0.691. The molecule has 0 aliphatic rings. The lowest BCUT2D eigenvalue weighted by Gasteiger charge is -2.16. The van der Waals surface area contributed by atoms with Crippen molar-refractivity contribution in [3.05, 3.63) is 100.0 Å². The van der Waals surface area contributed by atoms with Crippen LogP contribution in [0.4, 0.5) is 0 Å². The highest BCUT2D eigenvalue weighted by molar-refractivity contribution is 5.86. The summed E-state index contributed by atoms with van der Waals surface area (Å²) in [5, 5.41) is 5.55. The van der Waals surface area contributed by atoms with Crippen LogP contribution in [0.2, 0.25) is 0 Å². The van der Waals surface area contributed by atoms with Crippen LogP contribution in [0.15, 0.2) is 76.8 Å². The SMILES string of the molecule is Cc1cc(C=NNC(=O)COc2cccc3cccnc23)c(C)n1-n1c(C)nc2ccccc2c1=O. The van der Waals surface area contributed by atoms with Gasteiger partial charge in [-0.25, -0.2) is 10.4 Å². The first kappa shape index (κ1) is 23.0. The number of rotatable bonds is 6. The summed E-state index contributed by atoms with van der Waals surface area (Å²) >= 11 is 0. The molecule has 0 saturated carbocycles. The van der Waals surface area contributed by atoms with E-state index in [9.17, 15) is 9.59 Å². The Morgan fingerprint density at radius 3 is 2.72 bits per heavy atom. The van der Waals surface area contributed by atoms with Crippen LogP contribution < -0.4 is 15.7 Å². The van der Waals surface area contributed by atoms with Gasteiger partial charge in [-0.05, 0) is 51.1 Å². The van der Waals surface area contributed by atoms with Gasteiger partial charge in [0.05, 0.1) is 17.1 Å². The Balaban J connectivity index is 1.32. The van der Waals surface area contributed by atoms with E-state index in [0.29, 0.717) is 28.0 Å². The second-order valence-electron chi connectivity index (χ2n) is 8.34. The fourth-order valence-electron chi connectivity index (χ4n) is 4.23. The average molecular weight is 481 g/mol. The highest BCUT2D eigenvalue weighted by atomic mass is 16.5. The second kappa shape index (κ2) is 9.46. The average Bonchev–Trinajstić information content (AvgIpc) is 3.15. The predicted octanol–water partition coefficient (Wildman–Crippen LogP) is 3.51. The van der Waals surface area contributed by atoms with Gasteiger partial charge in [-0.15, -0.1) is 0 Å². The monoisotopic (exact) mass is 480 g/mol. The van der Waals surface area contributed by atoms with E-state index in [4.69, 9.17) is 4.74 Å². The van der Waals surface area contributed by atoms with E-state index in [1.807, 2.05) is 62.4 Å². The van der Waals surface area contributed by atoms with Crippen molar-refractivity contribution < 1.29 is 9.53 Å². The quantitative estimate of drug-likeness (QED) is 0.296. The molecular formula is C27H24N6O3. The first-order valence-corrected chi connectivity index (χ1v) is 11.4. The molecule has 0 saturated heterocycles. The number of hydrogen-bond acceptors (Lipinski definition) is 6. The van der Waals surface area contributed by atoms with Crippen molar-refractivity contribution in [3.63, 3.8) is 0 Å². The van der Waals surface area contributed by atoms with Crippen molar-refractivity contribution >= 4 is 33.9 Å². The molecule has 36 heavy (non-hydrogen) atoms. The Kier molecular flexibility index (Phi) is 6.03. The normalized spacial score (nSPS) is 11.4. The van der Waals surface area contributed by atoms with E-state index in [0.717, 1.165) is 22.3 Å². The summed E-state index contributed by atoms with van der Waals surface area (Å²) in [7, 11) is 0. The molecule has 9 nitrogen and oxygen atoms in total. The van der Waals surface area contributed by atoms with Gasteiger partial charge in [0, 0.05) is 28.5 Å². The highest BCUT2D eigenvalue weighted by Crippen LogP contribution is 2.22. The van der Waals surface area contributed by atoms with E-state index in [2.05, 4.69) is 20.5 Å². The lowest BCUT2D eigenvalue weighted by molar-refractivity contribution is -0.123. The highest BCUT2D eigenvalue weighted by Gasteiger charge is 2.15. The maximum atomic E-state index is 13.2. The van der Waals surface area contributed by atoms with Gasteiger partial charge in [0.1, 0.15) is 17.1 Å². The Bertz CT molecular complexity index is 1690. The number of nitrogens with one attached hydrogen (secondary N) is 1. The van der Waals surface area contributed by atoms with Crippen LogP contribution >= 0.6 is 0 Å². The van der Waals surface area contributed by atoms with E-state index >= 15 is 0 Å². The summed E-state index contributed by atoms with van der Waals surface area (Å²) in [6, 6.07) is 18.5. The molecule has 180 valence electrons. The van der Waals surface area contributed by atoms with Gasteiger partial charge in [-0.2, -0.15) is 9.78 Å². The first-order chi connectivity index (χ1) is 17.4. The van der Waals surface area contributed by atoms with Crippen molar-refractivity contribution in [2.45, 2.75) is 20.8 Å². The number of nitrogens with zero attached hydrogens (tertiary/aromatic N) is 5. The summed E-state index contributed by atoms with van der Waals surface area (Å²) in [6.45, 7) is 5.37. The Morgan fingerprint density at radius 2 is 1.86 bits per heavy atom. The molecular weight excluding hydrogens is 456 g/mol. The molecule has 0 bridgehead atoms. The number of hydrazone groups is 1. The minimum absolute atomic E-state index is 0.156. The largest absolute Gasteiger partial charge is 0.481 e. The van der Waals surface area contributed by atoms with Crippen molar-refractivity contribution in [1.82, 2.24) is 24.7 Å². The lowest BCUT2D eigenvalue weighted by Crippen LogP contribution is -2.31. The predicted molar refractivity (Wildman–Crippen MR) is 138 cm³/mol. The van der Waals surface area contributed by atoms with Crippen LogP contribution in [0.3, 0.4) is 0 Å². The number of ether oxygens (including phenoxy) is 1. The summed E-state index contributed by atoms with van der Waals surface area (Å²) in [5.41, 5.74) is 6.05. The van der Waals surface area contributed by atoms with Gasteiger partial charge in [-0.3, -0.25) is 19.2 Å². The van der Waals surface area contributed by atoms with Crippen LogP contribution in [0.25, 0.3) is 21.8 Å². The van der Waals surface area contributed by atoms with Gasteiger partial charge in [0.2, 0.25) is 0 Å². The summed E-state index contributed by atoms with van der Waals surface area (Å²) < 4.78 is 9.01. The number of aryl methyl sites for hydroxylation is 2.